The van der Waals surface area contributed by atoms with E-state index < -0.39 is 20.2 Å². The second-order valence-corrected chi connectivity index (χ2v) is 15.2. The molecular formula is C19H36O5SSi. The summed E-state index contributed by atoms with van der Waals surface area (Å²) in [5.74, 6) is -0.510. The number of hydrogen-bond donors (Lipinski definition) is 1. The van der Waals surface area contributed by atoms with E-state index in [-0.39, 0.29) is 28.8 Å². The lowest BCUT2D eigenvalue weighted by molar-refractivity contribution is -0.367. The average Bonchev–Trinajstić information content (AvgIpc) is 2.57. The molecule has 1 saturated carbocycles. The highest BCUT2D eigenvalue weighted by atomic mass is 32.2. The fourth-order valence-electron chi connectivity index (χ4n) is 3.89. The highest BCUT2D eigenvalue weighted by Gasteiger charge is 2.55. The zero-order valence-corrected chi connectivity index (χ0v) is 18.9. The molecule has 5 atom stereocenters. The zero-order valence-electron chi connectivity index (χ0n) is 17.1. The Balaban J connectivity index is 1.84. The molecule has 0 unspecified atom stereocenters. The lowest BCUT2D eigenvalue weighted by Gasteiger charge is -2.54. The van der Waals surface area contributed by atoms with E-state index >= 15 is 0 Å². The van der Waals surface area contributed by atoms with E-state index in [0.29, 0.717) is 6.61 Å². The first-order valence-corrected chi connectivity index (χ1v) is 14.1. The molecule has 0 aromatic carbocycles. The Kier molecular flexibility index (Phi) is 6.21. The smallest absolute Gasteiger partial charge is 0.192 e. The van der Waals surface area contributed by atoms with Crippen molar-refractivity contribution in [2.75, 3.05) is 12.9 Å². The van der Waals surface area contributed by atoms with Crippen molar-refractivity contribution >= 4 is 20.1 Å². The van der Waals surface area contributed by atoms with Gasteiger partial charge < -0.3 is 23.7 Å². The summed E-state index contributed by atoms with van der Waals surface area (Å²) in [5, 5.41) is 11.1. The molecule has 3 rings (SSSR count). The Morgan fingerprint density at radius 3 is 2.38 bits per heavy atom. The molecule has 26 heavy (non-hydrogen) atoms. The first kappa shape index (κ1) is 21.1. The summed E-state index contributed by atoms with van der Waals surface area (Å²) in [6.45, 7) is 11.7. The molecule has 2 saturated heterocycles. The van der Waals surface area contributed by atoms with Gasteiger partial charge in [0.05, 0.1) is 6.61 Å². The molecular weight excluding hydrogens is 368 g/mol. The molecule has 3 aliphatic rings. The quantitative estimate of drug-likeness (QED) is 0.720. The van der Waals surface area contributed by atoms with Gasteiger partial charge in [0.1, 0.15) is 29.9 Å². The van der Waals surface area contributed by atoms with E-state index in [1.54, 1.807) is 0 Å². The van der Waals surface area contributed by atoms with Gasteiger partial charge in [-0.05, 0) is 37.2 Å². The first-order valence-electron chi connectivity index (χ1n) is 9.94. The molecule has 0 radical (unpaired) electrons. The minimum absolute atomic E-state index is 0.0725. The normalized spacial score (nSPS) is 38.2. The standard InChI is InChI=1S/C19H36O5SSi/c1-18(2,3)26(5,6)24-16-14(20)17(25-4)22-13-12-21-19(23-15(13)16)10-8-7-9-11-19/h13-17,20H,7-12H2,1-6H3/t13-,14+,15-,16-,17-/m1/s1. The van der Waals surface area contributed by atoms with Crippen LogP contribution in [-0.4, -0.2) is 61.9 Å². The molecule has 0 bridgehead atoms. The molecule has 1 spiro atoms. The summed E-state index contributed by atoms with van der Waals surface area (Å²) in [7, 11) is -2.06. The van der Waals surface area contributed by atoms with Gasteiger partial charge in [-0.2, -0.15) is 0 Å². The van der Waals surface area contributed by atoms with Gasteiger partial charge in [0.2, 0.25) is 0 Å². The predicted molar refractivity (Wildman–Crippen MR) is 107 cm³/mol. The molecule has 2 heterocycles. The molecule has 7 heteroatoms. The maximum Gasteiger partial charge on any atom is 0.192 e. The van der Waals surface area contributed by atoms with Crippen LogP contribution in [-0.2, 0) is 18.6 Å². The van der Waals surface area contributed by atoms with E-state index in [4.69, 9.17) is 18.6 Å². The number of hydrogen-bond acceptors (Lipinski definition) is 6. The summed E-state index contributed by atoms with van der Waals surface area (Å²) < 4.78 is 25.5. The molecule has 152 valence electrons. The second kappa shape index (κ2) is 7.65. The third-order valence-electron chi connectivity index (χ3n) is 6.56. The highest BCUT2D eigenvalue weighted by molar-refractivity contribution is 7.99. The Labute approximate surface area is 163 Å². The third-order valence-corrected chi connectivity index (χ3v) is 11.9. The van der Waals surface area contributed by atoms with E-state index in [1.165, 1.54) is 18.2 Å². The number of aliphatic hydroxyl groups is 1. The van der Waals surface area contributed by atoms with Crippen LogP contribution < -0.4 is 0 Å². The summed E-state index contributed by atoms with van der Waals surface area (Å²) in [6.07, 6.45) is 5.78. The van der Waals surface area contributed by atoms with Gasteiger partial charge in [-0.1, -0.05) is 27.2 Å². The largest absolute Gasteiger partial charge is 0.408 e. The fraction of sp³-hybridized carbons (Fsp3) is 1.00. The van der Waals surface area contributed by atoms with Crippen molar-refractivity contribution < 1.29 is 23.7 Å². The Hall–Kier alpha value is 0.367. The summed E-state index contributed by atoms with van der Waals surface area (Å²) in [6, 6.07) is 0. The number of fused-ring (bicyclic) bond motifs is 1. The van der Waals surface area contributed by atoms with Crippen LogP contribution in [0.3, 0.4) is 0 Å². The zero-order chi connectivity index (χ0) is 19.2. The molecule has 0 amide bonds. The first-order chi connectivity index (χ1) is 12.1. The SMILES string of the molecule is CS[C@H]1O[C@@H]2COC3(CCCCC3)O[C@H]2[C@H](O[Si](C)(C)C(C)(C)C)[C@@H]1O. The van der Waals surface area contributed by atoms with Gasteiger partial charge >= 0.3 is 0 Å². The molecule has 1 N–H and O–H groups in total. The van der Waals surface area contributed by atoms with E-state index in [9.17, 15) is 5.11 Å². The molecule has 1 aliphatic carbocycles. The summed E-state index contributed by atoms with van der Waals surface area (Å²) in [5.41, 5.74) is -0.307. The number of aliphatic hydroxyl groups excluding tert-OH is 1. The molecule has 0 aromatic heterocycles. The van der Waals surface area contributed by atoms with Gasteiger partial charge in [0, 0.05) is 12.8 Å². The van der Waals surface area contributed by atoms with Crippen molar-refractivity contribution in [3.05, 3.63) is 0 Å². The lowest BCUT2D eigenvalue weighted by Crippen LogP contribution is -2.67. The van der Waals surface area contributed by atoms with E-state index in [2.05, 4.69) is 33.9 Å². The van der Waals surface area contributed by atoms with Crippen LogP contribution in [0.4, 0.5) is 0 Å². The van der Waals surface area contributed by atoms with Crippen LogP contribution in [0.15, 0.2) is 0 Å². The minimum atomic E-state index is -2.06. The fourth-order valence-corrected chi connectivity index (χ4v) is 5.88. The van der Waals surface area contributed by atoms with Crippen molar-refractivity contribution in [2.45, 2.75) is 107 Å². The maximum absolute atomic E-state index is 11.0. The van der Waals surface area contributed by atoms with E-state index in [0.717, 1.165) is 25.7 Å². The minimum Gasteiger partial charge on any atom is -0.408 e. The lowest BCUT2D eigenvalue weighted by atomic mass is 9.91. The van der Waals surface area contributed by atoms with Crippen molar-refractivity contribution in [2.24, 2.45) is 0 Å². The number of thioether (sulfide) groups is 1. The van der Waals surface area contributed by atoms with Crippen LogP contribution in [0.25, 0.3) is 0 Å². The highest BCUT2D eigenvalue weighted by Crippen LogP contribution is 2.45. The average molecular weight is 405 g/mol. The topological polar surface area (TPSA) is 57.2 Å². The molecule has 2 aliphatic heterocycles. The van der Waals surface area contributed by atoms with Crippen LogP contribution >= 0.6 is 11.8 Å². The van der Waals surface area contributed by atoms with Gasteiger partial charge in [0.15, 0.2) is 14.1 Å². The molecule has 3 fully saturated rings. The van der Waals surface area contributed by atoms with Gasteiger partial charge in [-0.3, -0.25) is 0 Å². The van der Waals surface area contributed by atoms with Crippen molar-refractivity contribution in [3.63, 3.8) is 0 Å². The monoisotopic (exact) mass is 404 g/mol. The van der Waals surface area contributed by atoms with Gasteiger partial charge in [0.25, 0.3) is 0 Å². The summed E-state index contributed by atoms with van der Waals surface area (Å²) >= 11 is 1.53. The number of rotatable bonds is 3. The summed E-state index contributed by atoms with van der Waals surface area (Å²) in [4.78, 5) is 0. The Morgan fingerprint density at radius 2 is 1.81 bits per heavy atom. The van der Waals surface area contributed by atoms with Gasteiger partial charge in [-0.15, -0.1) is 11.8 Å². The predicted octanol–water partition coefficient (Wildman–Crippen LogP) is 3.90. The third kappa shape index (κ3) is 4.04. The Morgan fingerprint density at radius 1 is 1.15 bits per heavy atom. The van der Waals surface area contributed by atoms with Crippen molar-refractivity contribution in [1.29, 1.82) is 0 Å². The van der Waals surface area contributed by atoms with Crippen LogP contribution in [0, 0.1) is 0 Å². The van der Waals surface area contributed by atoms with Gasteiger partial charge in [-0.25, -0.2) is 0 Å². The van der Waals surface area contributed by atoms with Crippen LogP contribution in [0.5, 0.6) is 0 Å². The second-order valence-electron chi connectivity index (χ2n) is 9.48. The Bertz CT molecular complexity index is 489. The number of ether oxygens (including phenoxy) is 3. The molecule has 5 nitrogen and oxygen atoms in total. The maximum atomic E-state index is 11.0. The van der Waals surface area contributed by atoms with Crippen molar-refractivity contribution in [1.82, 2.24) is 0 Å². The molecule has 0 aromatic rings. The van der Waals surface area contributed by atoms with Crippen molar-refractivity contribution in [3.8, 4) is 0 Å². The van der Waals surface area contributed by atoms with E-state index in [1.807, 2.05) is 6.26 Å². The van der Waals surface area contributed by atoms with Crippen LogP contribution in [0.2, 0.25) is 18.1 Å². The van der Waals surface area contributed by atoms with Crippen LogP contribution in [0.1, 0.15) is 52.9 Å².